The first kappa shape index (κ1) is 22.5. The molecule has 2 unspecified atom stereocenters. The number of nitrogens with zero attached hydrogens (tertiary/aromatic N) is 3. The lowest BCUT2D eigenvalue weighted by Crippen LogP contribution is -2.58. The zero-order valence-corrected chi connectivity index (χ0v) is 19.3. The van der Waals surface area contributed by atoms with Gasteiger partial charge in [-0.15, -0.1) is 11.3 Å². The minimum Gasteiger partial charge on any atom is -0.369 e. The van der Waals surface area contributed by atoms with Crippen molar-refractivity contribution in [3.05, 3.63) is 56.0 Å². The minimum absolute atomic E-state index is 0.197. The summed E-state index contributed by atoms with van der Waals surface area (Å²) < 4.78 is 18.2. The number of aromatic amines is 1. The standard InChI is InChI=1S/C19H22ClN4O5PS/c1-12-13(3-2-4-14(12)20)9-24(6-8-30(26,27)28)5-7-29-10-15(24)17-22-18-16(19(25)23-17)31-11-21-18/h2-4,11,15H,5-10H2,1H3,(H2-,22,23,25,26,27,28)/p+1. The van der Waals surface area contributed by atoms with E-state index in [0.29, 0.717) is 40.9 Å². The lowest BCUT2D eigenvalue weighted by Gasteiger charge is -2.47. The maximum atomic E-state index is 12.6. The van der Waals surface area contributed by atoms with Gasteiger partial charge in [0.1, 0.15) is 24.4 Å². The van der Waals surface area contributed by atoms with Gasteiger partial charge in [0.25, 0.3) is 5.56 Å². The van der Waals surface area contributed by atoms with Crippen LogP contribution in [0.3, 0.4) is 0 Å². The Labute approximate surface area is 187 Å². The molecule has 0 saturated carbocycles. The highest BCUT2D eigenvalue weighted by atomic mass is 35.5. The highest BCUT2D eigenvalue weighted by molar-refractivity contribution is 7.51. The maximum Gasteiger partial charge on any atom is 0.331 e. The van der Waals surface area contributed by atoms with Crippen LogP contribution in [-0.2, 0) is 15.8 Å². The van der Waals surface area contributed by atoms with E-state index in [0.717, 1.165) is 11.1 Å². The predicted octanol–water partition coefficient (Wildman–Crippen LogP) is 2.61. The summed E-state index contributed by atoms with van der Waals surface area (Å²) in [6, 6.07) is 5.22. The Morgan fingerprint density at radius 3 is 3.00 bits per heavy atom. The molecule has 3 N–H and O–H groups in total. The molecule has 1 saturated heterocycles. The van der Waals surface area contributed by atoms with Gasteiger partial charge in [-0.3, -0.25) is 9.36 Å². The van der Waals surface area contributed by atoms with E-state index in [1.807, 2.05) is 25.1 Å². The van der Waals surface area contributed by atoms with E-state index in [1.54, 1.807) is 5.51 Å². The molecule has 166 valence electrons. The van der Waals surface area contributed by atoms with Gasteiger partial charge in [0, 0.05) is 10.6 Å². The molecule has 0 radical (unpaired) electrons. The molecule has 0 spiro atoms. The summed E-state index contributed by atoms with van der Waals surface area (Å²) in [6.07, 6.45) is -0.285. The highest BCUT2D eigenvalue weighted by Gasteiger charge is 2.44. The van der Waals surface area contributed by atoms with E-state index in [2.05, 4.69) is 15.0 Å². The average Bonchev–Trinajstić information content (AvgIpc) is 3.19. The Morgan fingerprint density at radius 2 is 2.23 bits per heavy atom. The summed E-state index contributed by atoms with van der Waals surface area (Å²) in [5, 5.41) is 0.630. The molecule has 1 aliphatic heterocycles. The fourth-order valence-corrected chi connectivity index (χ4v) is 5.54. The van der Waals surface area contributed by atoms with Crippen molar-refractivity contribution >= 4 is 40.9 Å². The first-order valence-corrected chi connectivity index (χ1v) is 12.8. The average molecular weight is 486 g/mol. The Kier molecular flexibility index (Phi) is 6.33. The third kappa shape index (κ3) is 4.75. The number of H-pyrrole nitrogens is 1. The molecule has 2 aromatic heterocycles. The van der Waals surface area contributed by atoms with Crippen molar-refractivity contribution in [3.8, 4) is 0 Å². The highest BCUT2D eigenvalue weighted by Crippen LogP contribution is 2.40. The summed E-state index contributed by atoms with van der Waals surface area (Å²) >= 11 is 7.55. The van der Waals surface area contributed by atoms with Crippen LogP contribution in [0.2, 0.25) is 5.02 Å². The largest absolute Gasteiger partial charge is 0.369 e. The third-order valence-corrected chi connectivity index (χ3v) is 7.86. The summed E-state index contributed by atoms with van der Waals surface area (Å²) in [5.41, 5.74) is 3.54. The number of thiazole rings is 1. The molecular formula is C19H23ClN4O5PS+. The second-order valence-corrected chi connectivity index (χ2v) is 10.8. The maximum absolute atomic E-state index is 12.6. The smallest absolute Gasteiger partial charge is 0.331 e. The Hall–Kier alpha value is -1.65. The Bertz CT molecular complexity index is 1210. The van der Waals surface area contributed by atoms with Crippen LogP contribution in [-0.4, -0.2) is 61.7 Å². The van der Waals surface area contributed by atoms with E-state index >= 15 is 0 Å². The van der Waals surface area contributed by atoms with Gasteiger partial charge in [0.15, 0.2) is 17.5 Å². The Balaban J connectivity index is 1.81. The molecule has 1 aliphatic rings. The van der Waals surface area contributed by atoms with Gasteiger partial charge < -0.3 is 24.0 Å². The number of morpholine rings is 1. The lowest BCUT2D eigenvalue weighted by molar-refractivity contribution is -0.975. The first-order chi connectivity index (χ1) is 14.7. The van der Waals surface area contributed by atoms with Gasteiger partial charge in [-0.25, -0.2) is 9.97 Å². The molecule has 2 atom stereocenters. The monoisotopic (exact) mass is 485 g/mol. The number of ether oxygens (including phenoxy) is 1. The first-order valence-electron chi connectivity index (χ1n) is 9.74. The van der Waals surface area contributed by atoms with E-state index in [1.165, 1.54) is 11.3 Å². The lowest BCUT2D eigenvalue weighted by atomic mass is 10.0. The topological polar surface area (TPSA) is 125 Å². The van der Waals surface area contributed by atoms with Gasteiger partial charge in [-0.2, -0.15) is 0 Å². The quantitative estimate of drug-likeness (QED) is 0.362. The van der Waals surface area contributed by atoms with E-state index in [-0.39, 0.29) is 29.4 Å². The molecule has 12 heteroatoms. The predicted molar refractivity (Wildman–Crippen MR) is 118 cm³/mol. The minimum atomic E-state index is -4.24. The van der Waals surface area contributed by atoms with Crippen molar-refractivity contribution in [1.82, 2.24) is 15.0 Å². The molecule has 1 aromatic carbocycles. The van der Waals surface area contributed by atoms with Crippen molar-refractivity contribution in [2.24, 2.45) is 0 Å². The van der Waals surface area contributed by atoms with E-state index in [4.69, 9.17) is 16.3 Å². The summed E-state index contributed by atoms with van der Waals surface area (Å²) in [6.45, 7) is 3.80. The van der Waals surface area contributed by atoms with Crippen LogP contribution in [0.1, 0.15) is 23.0 Å². The van der Waals surface area contributed by atoms with Gasteiger partial charge in [-0.05, 0) is 18.6 Å². The number of halogens is 1. The van der Waals surface area contributed by atoms with E-state index < -0.39 is 13.6 Å². The van der Waals surface area contributed by atoms with Gasteiger partial charge >= 0.3 is 7.60 Å². The molecule has 4 rings (SSSR count). The third-order valence-electron chi connectivity index (χ3n) is 5.86. The van der Waals surface area contributed by atoms with Crippen LogP contribution in [0.4, 0.5) is 0 Å². The molecular weight excluding hydrogens is 463 g/mol. The zero-order valence-electron chi connectivity index (χ0n) is 16.8. The number of quaternary nitrogens is 1. The van der Waals surface area contributed by atoms with Crippen LogP contribution in [0.25, 0.3) is 10.3 Å². The fourth-order valence-electron chi connectivity index (χ4n) is 4.07. The number of hydrogen-bond donors (Lipinski definition) is 3. The molecule has 0 amide bonds. The van der Waals surface area contributed by atoms with Crippen LogP contribution in [0.5, 0.6) is 0 Å². The molecule has 3 aromatic rings. The van der Waals surface area contributed by atoms with Gasteiger partial charge in [0.2, 0.25) is 0 Å². The molecule has 9 nitrogen and oxygen atoms in total. The SMILES string of the molecule is Cc1c(Cl)cccc1C[N+]1(CCP(=O)(O)O)CCOCC1c1nc2ncsc2c(=O)[nH]1. The molecule has 0 bridgehead atoms. The second kappa shape index (κ2) is 8.71. The zero-order chi connectivity index (χ0) is 22.2. The van der Waals surface area contributed by atoms with Crippen LogP contribution in [0.15, 0.2) is 28.5 Å². The van der Waals surface area contributed by atoms with Crippen molar-refractivity contribution in [2.45, 2.75) is 19.5 Å². The normalized spacial score (nSPS) is 22.1. The number of aromatic nitrogens is 3. The van der Waals surface area contributed by atoms with Crippen LogP contribution < -0.4 is 5.56 Å². The number of fused-ring (bicyclic) bond motifs is 1. The van der Waals surface area contributed by atoms with Crippen molar-refractivity contribution in [1.29, 1.82) is 0 Å². The molecule has 3 heterocycles. The molecule has 1 fully saturated rings. The number of benzene rings is 1. The van der Waals surface area contributed by atoms with E-state index in [9.17, 15) is 19.1 Å². The Morgan fingerprint density at radius 1 is 1.42 bits per heavy atom. The second-order valence-electron chi connectivity index (χ2n) is 7.78. The van der Waals surface area contributed by atoms with Crippen molar-refractivity contribution in [2.75, 3.05) is 32.5 Å². The number of hydrogen-bond acceptors (Lipinski definition) is 6. The van der Waals surface area contributed by atoms with Crippen LogP contribution in [0, 0.1) is 6.92 Å². The van der Waals surface area contributed by atoms with Gasteiger partial charge in [0.05, 0.1) is 24.8 Å². The summed E-state index contributed by atoms with van der Waals surface area (Å²) in [7, 11) is -4.24. The number of nitrogens with one attached hydrogen (secondary N) is 1. The fraction of sp³-hybridized carbons (Fsp3) is 0.421. The number of rotatable bonds is 6. The molecule has 31 heavy (non-hydrogen) atoms. The van der Waals surface area contributed by atoms with Crippen molar-refractivity contribution in [3.63, 3.8) is 0 Å². The van der Waals surface area contributed by atoms with Gasteiger partial charge in [-0.1, -0.05) is 23.7 Å². The van der Waals surface area contributed by atoms with Crippen molar-refractivity contribution < 1.29 is 23.6 Å². The summed E-state index contributed by atoms with van der Waals surface area (Å²) in [4.78, 5) is 43.4. The summed E-state index contributed by atoms with van der Waals surface area (Å²) in [5.74, 6) is 0.411. The van der Waals surface area contributed by atoms with Crippen LogP contribution >= 0.6 is 30.5 Å². The molecule has 0 aliphatic carbocycles.